The summed E-state index contributed by atoms with van der Waals surface area (Å²) in [4.78, 5) is 25.1. The lowest BCUT2D eigenvalue weighted by Gasteiger charge is -2.16. The van der Waals surface area contributed by atoms with E-state index in [0.717, 1.165) is 28.4 Å². The minimum atomic E-state index is -1.04. The highest BCUT2D eigenvalue weighted by Gasteiger charge is 2.15. The molecule has 0 aromatic carbocycles. The molecule has 1 amide bonds. The van der Waals surface area contributed by atoms with E-state index >= 15 is 0 Å². The van der Waals surface area contributed by atoms with Crippen molar-refractivity contribution in [1.82, 2.24) is 10.1 Å². The van der Waals surface area contributed by atoms with E-state index in [4.69, 9.17) is 9.63 Å². The summed E-state index contributed by atoms with van der Waals surface area (Å²) in [6.07, 6.45) is 0.273. The Balaban J connectivity index is 1.84. The Morgan fingerprint density at radius 1 is 1.43 bits per heavy atom. The summed E-state index contributed by atoms with van der Waals surface area (Å²) in [5.74, 6) is -0.467. The molecule has 124 valence electrons. The minimum absolute atomic E-state index is 0.141. The first-order chi connectivity index (χ1) is 10.9. The zero-order chi connectivity index (χ0) is 17.0. The number of amides is 1. The largest absolute Gasteiger partial charge is 0.477 e. The van der Waals surface area contributed by atoms with Gasteiger partial charge < -0.3 is 19.8 Å². The minimum Gasteiger partial charge on any atom is -0.477 e. The molecule has 0 fully saturated rings. The highest BCUT2D eigenvalue weighted by Crippen LogP contribution is 2.22. The number of hydrogen-bond donors (Lipinski definition) is 2. The van der Waals surface area contributed by atoms with Gasteiger partial charge in [-0.2, -0.15) is 0 Å². The van der Waals surface area contributed by atoms with E-state index in [1.807, 2.05) is 25.8 Å². The van der Waals surface area contributed by atoms with Crippen molar-refractivity contribution in [2.75, 3.05) is 18.9 Å². The molecule has 8 heteroatoms. The van der Waals surface area contributed by atoms with Gasteiger partial charge in [0.2, 0.25) is 5.91 Å². The summed E-state index contributed by atoms with van der Waals surface area (Å²) in [5.41, 5.74) is 2.22. The molecule has 2 aromatic rings. The smallest absolute Gasteiger partial charge is 0.348 e. The quantitative estimate of drug-likeness (QED) is 0.806. The lowest BCUT2D eigenvalue weighted by Crippen LogP contribution is -2.24. The number of nitrogens with one attached hydrogen (secondary N) is 1. The second-order valence-electron chi connectivity index (χ2n) is 5.31. The van der Waals surface area contributed by atoms with Gasteiger partial charge in [0.25, 0.3) is 0 Å². The molecule has 0 saturated heterocycles. The van der Waals surface area contributed by atoms with Crippen LogP contribution in [0.15, 0.2) is 16.0 Å². The average molecular weight is 337 g/mol. The standard InChI is InChI=1S/C15H19N3O4S/c1-9-11(10(2)22-17-9)8-18(3)6-4-13(19)16-12-5-7-23-14(12)15(20)21/h5,7H,4,6,8H2,1-3H3,(H,16,19)(H,20,21). The highest BCUT2D eigenvalue weighted by atomic mass is 32.1. The topological polar surface area (TPSA) is 95.7 Å². The predicted octanol–water partition coefficient (Wildman–Crippen LogP) is 2.51. The molecule has 2 rings (SSSR count). The number of rotatable bonds is 7. The van der Waals surface area contributed by atoms with Crippen LogP contribution in [0.4, 0.5) is 5.69 Å². The van der Waals surface area contributed by atoms with Gasteiger partial charge in [0.1, 0.15) is 10.6 Å². The third-order valence-corrected chi connectivity index (χ3v) is 4.37. The summed E-state index contributed by atoms with van der Waals surface area (Å²) in [6, 6.07) is 1.60. The van der Waals surface area contributed by atoms with Crippen molar-refractivity contribution < 1.29 is 19.2 Å². The Kier molecular flexibility index (Phi) is 5.51. The molecule has 2 N–H and O–H groups in total. The van der Waals surface area contributed by atoms with Gasteiger partial charge in [-0.3, -0.25) is 4.79 Å². The Labute approximate surface area is 137 Å². The number of carbonyl (C=O) groups excluding carboxylic acids is 1. The number of aromatic carboxylic acids is 1. The van der Waals surface area contributed by atoms with Crippen LogP contribution in [0.3, 0.4) is 0 Å². The van der Waals surface area contributed by atoms with E-state index in [2.05, 4.69) is 10.5 Å². The van der Waals surface area contributed by atoms with Gasteiger partial charge in [0.05, 0.1) is 11.4 Å². The van der Waals surface area contributed by atoms with Crippen molar-refractivity contribution in [3.63, 3.8) is 0 Å². The maximum absolute atomic E-state index is 12.0. The average Bonchev–Trinajstić information content (AvgIpc) is 3.07. The summed E-state index contributed by atoms with van der Waals surface area (Å²) in [6.45, 7) is 4.94. The molecular formula is C15H19N3O4S. The maximum atomic E-state index is 12.0. The van der Waals surface area contributed by atoms with Crippen LogP contribution in [0.25, 0.3) is 0 Å². The number of carboxylic acids is 1. The molecule has 0 unspecified atom stereocenters. The van der Waals surface area contributed by atoms with Gasteiger partial charge in [-0.25, -0.2) is 4.79 Å². The normalized spacial score (nSPS) is 11.0. The molecule has 0 aliphatic heterocycles. The van der Waals surface area contributed by atoms with Crippen LogP contribution < -0.4 is 5.32 Å². The highest BCUT2D eigenvalue weighted by molar-refractivity contribution is 7.12. The lowest BCUT2D eigenvalue weighted by molar-refractivity contribution is -0.116. The van der Waals surface area contributed by atoms with Gasteiger partial charge >= 0.3 is 5.97 Å². The Morgan fingerprint density at radius 3 is 2.78 bits per heavy atom. The fourth-order valence-corrected chi connectivity index (χ4v) is 2.84. The maximum Gasteiger partial charge on any atom is 0.348 e. The van der Waals surface area contributed by atoms with E-state index in [1.165, 1.54) is 0 Å². The number of aromatic nitrogens is 1. The number of carbonyl (C=O) groups is 2. The zero-order valence-electron chi connectivity index (χ0n) is 13.3. The van der Waals surface area contributed by atoms with Gasteiger partial charge in [0, 0.05) is 25.1 Å². The van der Waals surface area contributed by atoms with E-state index < -0.39 is 5.97 Å². The molecule has 2 heterocycles. The van der Waals surface area contributed by atoms with Crippen LogP contribution in [0.1, 0.15) is 33.1 Å². The van der Waals surface area contributed by atoms with Crippen molar-refractivity contribution in [3.8, 4) is 0 Å². The van der Waals surface area contributed by atoms with Crippen LogP contribution >= 0.6 is 11.3 Å². The van der Waals surface area contributed by atoms with Gasteiger partial charge in [-0.05, 0) is 32.3 Å². The zero-order valence-corrected chi connectivity index (χ0v) is 14.1. The van der Waals surface area contributed by atoms with Crippen molar-refractivity contribution in [2.45, 2.75) is 26.8 Å². The second-order valence-corrected chi connectivity index (χ2v) is 6.22. The SMILES string of the molecule is Cc1noc(C)c1CN(C)CCC(=O)Nc1ccsc1C(=O)O. The third-order valence-electron chi connectivity index (χ3n) is 3.46. The van der Waals surface area contributed by atoms with Crippen LogP contribution in [0, 0.1) is 13.8 Å². The van der Waals surface area contributed by atoms with Gasteiger partial charge in [-0.15, -0.1) is 11.3 Å². The second kappa shape index (κ2) is 7.38. The monoisotopic (exact) mass is 337 g/mol. The van der Waals surface area contributed by atoms with E-state index in [0.29, 0.717) is 18.8 Å². The van der Waals surface area contributed by atoms with Crippen LogP contribution in [-0.2, 0) is 11.3 Å². The van der Waals surface area contributed by atoms with Crippen molar-refractivity contribution in [1.29, 1.82) is 0 Å². The molecule has 0 spiro atoms. The van der Waals surface area contributed by atoms with Crippen LogP contribution in [0.5, 0.6) is 0 Å². The van der Waals surface area contributed by atoms with Gasteiger partial charge in [0.15, 0.2) is 0 Å². The number of aryl methyl sites for hydroxylation is 2. The molecule has 0 radical (unpaired) electrons. The number of anilines is 1. The molecule has 7 nitrogen and oxygen atoms in total. The number of carboxylic acid groups (broad SMARTS) is 1. The summed E-state index contributed by atoms with van der Waals surface area (Å²) >= 11 is 1.09. The van der Waals surface area contributed by atoms with Crippen molar-refractivity contribution >= 4 is 28.9 Å². The summed E-state index contributed by atoms with van der Waals surface area (Å²) in [7, 11) is 1.91. The van der Waals surface area contributed by atoms with E-state index in [-0.39, 0.29) is 17.2 Å². The summed E-state index contributed by atoms with van der Waals surface area (Å²) < 4.78 is 5.12. The third kappa shape index (κ3) is 4.40. The van der Waals surface area contributed by atoms with Crippen LogP contribution in [-0.4, -0.2) is 40.6 Å². The van der Waals surface area contributed by atoms with E-state index in [1.54, 1.807) is 11.4 Å². The molecule has 0 aliphatic rings. The molecule has 0 atom stereocenters. The fraction of sp³-hybridized carbons (Fsp3) is 0.400. The molecule has 23 heavy (non-hydrogen) atoms. The molecule has 0 bridgehead atoms. The van der Waals surface area contributed by atoms with Crippen LogP contribution in [0.2, 0.25) is 0 Å². The number of nitrogens with zero attached hydrogens (tertiary/aromatic N) is 2. The predicted molar refractivity (Wildman–Crippen MR) is 86.8 cm³/mol. The fourth-order valence-electron chi connectivity index (χ4n) is 2.16. The first-order valence-corrected chi connectivity index (χ1v) is 7.97. The molecule has 0 saturated carbocycles. The molecular weight excluding hydrogens is 318 g/mol. The Bertz CT molecular complexity index is 688. The molecule has 2 aromatic heterocycles. The van der Waals surface area contributed by atoms with Gasteiger partial charge in [-0.1, -0.05) is 5.16 Å². The first-order valence-electron chi connectivity index (χ1n) is 7.09. The lowest BCUT2D eigenvalue weighted by atomic mass is 10.2. The molecule has 0 aliphatic carbocycles. The Hall–Kier alpha value is -2.19. The van der Waals surface area contributed by atoms with Crippen molar-refractivity contribution in [3.05, 3.63) is 33.3 Å². The number of hydrogen-bond acceptors (Lipinski definition) is 6. The van der Waals surface area contributed by atoms with Crippen molar-refractivity contribution in [2.24, 2.45) is 0 Å². The van der Waals surface area contributed by atoms with E-state index in [9.17, 15) is 9.59 Å². The number of thiophene rings is 1. The Morgan fingerprint density at radius 2 is 2.17 bits per heavy atom. The first kappa shape index (κ1) is 17.2. The summed E-state index contributed by atoms with van der Waals surface area (Å²) in [5, 5.41) is 17.2.